The Hall–Kier alpha value is 0.567. The minimum Gasteiger partial charge on any atom is -0.395 e. The van der Waals surface area contributed by atoms with E-state index < -0.39 is 8.56 Å². The lowest BCUT2D eigenvalue weighted by atomic mass is 10.9. The lowest BCUT2D eigenvalue weighted by Gasteiger charge is -2.25. The molecule has 0 aromatic rings. The lowest BCUT2D eigenvalue weighted by molar-refractivity contribution is 0.190. The molecule has 0 bridgehead atoms. The molecule has 0 aliphatic carbocycles. The maximum absolute atomic E-state index is 5.61. The van der Waals surface area contributed by atoms with Crippen molar-refractivity contribution >= 4 is 17.8 Å². The van der Waals surface area contributed by atoms with Crippen LogP contribution < -0.4 is 0 Å². The Morgan fingerprint density at radius 3 is 1.91 bits per heavy atom. The van der Waals surface area contributed by atoms with Gasteiger partial charge in [-0.25, -0.2) is 0 Å². The molecule has 0 radical (unpaired) electrons. The molecule has 2 nitrogen and oxygen atoms in total. The number of hydrogen-bond donors (Lipinski definition) is 0. The van der Waals surface area contributed by atoms with Gasteiger partial charge in [0.2, 0.25) is 0 Å². The van der Waals surface area contributed by atoms with Crippen molar-refractivity contribution in [3.63, 3.8) is 0 Å². The first-order valence-corrected chi connectivity index (χ1v) is 7.50. The van der Waals surface area contributed by atoms with E-state index in [9.17, 15) is 0 Å². The van der Waals surface area contributed by atoms with E-state index in [1.807, 2.05) is 13.8 Å². The second-order valence-electron chi connectivity index (χ2n) is 2.54. The van der Waals surface area contributed by atoms with Crippen LogP contribution >= 0.6 is 9.24 Å². The predicted molar refractivity (Wildman–Crippen MR) is 54.3 cm³/mol. The fourth-order valence-corrected chi connectivity index (χ4v) is 4.75. The highest BCUT2D eigenvalue weighted by atomic mass is 31.0. The normalized spacial score (nSPS) is 12.0. The molecule has 0 aromatic carbocycles. The fraction of sp³-hybridized carbons (Fsp3) is 1.00. The van der Waals surface area contributed by atoms with Crippen molar-refractivity contribution < 1.29 is 8.85 Å². The first-order chi connectivity index (χ1) is 5.18. The van der Waals surface area contributed by atoms with Crippen molar-refractivity contribution in [1.29, 1.82) is 0 Å². The molecule has 68 valence electrons. The molecule has 11 heavy (non-hydrogen) atoms. The maximum atomic E-state index is 5.61. The smallest absolute Gasteiger partial charge is 0.335 e. The van der Waals surface area contributed by atoms with Gasteiger partial charge in [-0.05, 0) is 32.6 Å². The van der Waals surface area contributed by atoms with E-state index in [1.165, 1.54) is 0 Å². The summed E-state index contributed by atoms with van der Waals surface area (Å²) in [4.78, 5) is 0. The molecule has 0 heterocycles. The van der Waals surface area contributed by atoms with E-state index in [0.29, 0.717) is 0 Å². The van der Waals surface area contributed by atoms with Crippen molar-refractivity contribution in [2.45, 2.75) is 26.4 Å². The van der Waals surface area contributed by atoms with Crippen LogP contribution in [0.1, 0.15) is 13.8 Å². The molecular formula is C7H19O2PSi. The summed E-state index contributed by atoms with van der Waals surface area (Å²) in [6.45, 7) is 7.71. The Morgan fingerprint density at radius 1 is 1.18 bits per heavy atom. The third-order valence-corrected chi connectivity index (χ3v) is 5.36. The summed E-state index contributed by atoms with van der Waals surface area (Å²) in [5.41, 5.74) is 0. The molecule has 0 saturated heterocycles. The summed E-state index contributed by atoms with van der Waals surface area (Å²) < 4.78 is 11.2. The van der Waals surface area contributed by atoms with Gasteiger partial charge in [-0.1, -0.05) is 0 Å². The van der Waals surface area contributed by atoms with Crippen LogP contribution in [0.4, 0.5) is 0 Å². The van der Waals surface area contributed by atoms with Crippen molar-refractivity contribution in [3.05, 3.63) is 0 Å². The molecule has 0 spiro atoms. The van der Waals surface area contributed by atoms with Gasteiger partial charge in [0.1, 0.15) is 0 Å². The number of rotatable bonds is 6. The third kappa shape index (κ3) is 4.91. The van der Waals surface area contributed by atoms with Crippen LogP contribution in [0.2, 0.25) is 12.6 Å². The molecule has 0 N–H and O–H groups in total. The van der Waals surface area contributed by atoms with Crippen LogP contribution in [-0.4, -0.2) is 27.9 Å². The van der Waals surface area contributed by atoms with Crippen LogP contribution in [0, 0.1) is 0 Å². The fourth-order valence-electron chi connectivity index (χ4n) is 1.06. The Morgan fingerprint density at radius 2 is 1.64 bits per heavy atom. The summed E-state index contributed by atoms with van der Waals surface area (Å²) in [5, 5.41) is 0. The minimum absolute atomic E-state index is 0.771. The van der Waals surface area contributed by atoms with Crippen molar-refractivity contribution in [3.8, 4) is 0 Å². The standard InChI is InChI=1S/C7H19O2PSi/c1-4-8-11(3,7-6-10)9-5-2/h4-7,10H2,1-3H3. The summed E-state index contributed by atoms with van der Waals surface area (Å²) >= 11 is 0. The Bertz CT molecular complexity index is 83.4. The first kappa shape index (κ1) is 11.6. The number of hydrogen-bond acceptors (Lipinski definition) is 2. The zero-order chi connectivity index (χ0) is 8.74. The first-order valence-electron chi connectivity index (χ1n) is 4.16. The summed E-state index contributed by atoms with van der Waals surface area (Å²) in [6.07, 6.45) is 1.07. The summed E-state index contributed by atoms with van der Waals surface area (Å²) in [5.74, 6) is 0. The predicted octanol–water partition coefficient (Wildman–Crippen LogP) is 2.01. The van der Waals surface area contributed by atoms with Crippen LogP contribution in [0.5, 0.6) is 0 Å². The molecule has 0 aliphatic heterocycles. The molecule has 0 saturated carbocycles. The summed E-state index contributed by atoms with van der Waals surface area (Å²) in [7, 11) is 0.946. The van der Waals surface area contributed by atoms with Gasteiger partial charge in [0.15, 0.2) is 0 Å². The van der Waals surface area contributed by atoms with Crippen LogP contribution in [0.3, 0.4) is 0 Å². The maximum Gasteiger partial charge on any atom is 0.335 e. The molecule has 1 unspecified atom stereocenters. The molecule has 1 atom stereocenters. The van der Waals surface area contributed by atoms with E-state index in [1.54, 1.807) is 0 Å². The average molecular weight is 194 g/mol. The Kier molecular flexibility index (Phi) is 6.44. The van der Waals surface area contributed by atoms with E-state index >= 15 is 0 Å². The van der Waals surface area contributed by atoms with Gasteiger partial charge in [-0.3, -0.25) is 0 Å². The van der Waals surface area contributed by atoms with E-state index in [2.05, 4.69) is 15.8 Å². The van der Waals surface area contributed by atoms with E-state index in [-0.39, 0.29) is 0 Å². The van der Waals surface area contributed by atoms with Crippen molar-refractivity contribution in [2.24, 2.45) is 0 Å². The van der Waals surface area contributed by atoms with E-state index in [4.69, 9.17) is 8.85 Å². The van der Waals surface area contributed by atoms with Gasteiger partial charge in [-0.2, -0.15) is 0 Å². The lowest BCUT2D eigenvalue weighted by Crippen LogP contribution is -2.38. The SMILES string of the molecule is CCO[Si](C)(CCP)OCC. The highest BCUT2D eigenvalue weighted by Gasteiger charge is 2.28. The summed E-state index contributed by atoms with van der Waals surface area (Å²) in [6, 6.07) is 1.07. The molecule has 0 rings (SSSR count). The molecule has 0 amide bonds. The minimum atomic E-state index is -1.77. The highest BCUT2D eigenvalue weighted by molar-refractivity contribution is 7.16. The Labute approximate surface area is 73.1 Å². The van der Waals surface area contributed by atoms with E-state index in [0.717, 1.165) is 25.4 Å². The van der Waals surface area contributed by atoms with Gasteiger partial charge in [-0.15, -0.1) is 9.24 Å². The van der Waals surface area contributed by atoms with Crippen molar-refractivity contribution in [1.82, 2.24) is 0 Å². The average Bonchev–Trinajstić information content (AvgIpc) is 1.88. The van der Waals surface area contributed by atoms with Gasteiger partial charge < -0.3 is 8.85 Å². The van der Waals surface area contributed by atoms with Crippen LogP contribution in [-0.2, 0) is 8.85 Å². The topological polar surface area (TPSA) is 18.5 Å². The zero-order valence-electron chi connectivity index (χ0n) is 7.72. The van der Waals surface area contributed by atoms with Gasteiger partial charge in [0.25, 0.3) is 0 Å². The van der Waals surface area contributed by atoms with Crippen LogP contribution in [0.25, 0.3) is 0 Å². The quantitative estimate of drug-likeness (QED) is 0.475. The third-order valence-electron chi connectivity index (χ3n) is 1.50. The van der Waals surface area contributed by atoms with Gasteiger partial charge in [0, 0.05) is 13.2 Å². The van der Waals surface area contributed by atoms with Crippen molar-refractivity contribution in [2.75, 3.05) is 19.4 Å². The molecule has 4 heteroatoms. The Balaban J connectivity index is 3.79. The monoisotopic (exact) mass is 194 g/mol. The second-order valence-corrected chi connectivity index (χ2v) is 6.46. The van der Waals surface area contributed by atoms with Gasteiger partial charge in [0.05, 0.1) is 0 Å². The zero-order valence-corrected chi connectivity index (χ0v) is 9.88. The molecule has 0 aromatic heterocycles. The molecule has 0 fully saturated rings. The largest absolute Gasteiger partial charge is 0.395 e. The molecular weight excluding hydrogens is 175 g/mol. The highest BCUT2D eigenvalue weighted by Crippen LogP contribution is 2.14. The molecule has 0 aliphatic rings. The van der Waals surface area contributed by atoms with Crippen LogP contribution in [0.15, 0.2) is 0 Å². The second kappa shape index (κ2) is 6.12. The van der Waals surface area contributed by atoms with Gasteiger partial charge >= 0.3 is 8.56 Å².